The van der Waals surface area contributed by atoms with Crippen molar-refractivity contribution in [3.8, 4) is 0 Å². The van der Waals surface area contributed by atoms with Gasteiger partial charge in [0.25, 0.3) is 0 Å². The molecule has 1 aliphatic heterocycles. The van der Waals surface area contributed by atoms with Crippen molar-refractivity contribution in [3.63, 3.8) is 0 Å². The molecular formula is C13H20N2O. The number of methoxy groups -OCH3 is 1. The Morgan fingerprint density at radius 3 is 2.75 bits per heavy atom. The number of rotatable bonds is 4. The third-order valence-electron chi connectivity index (χ3n) is 3.26. The quantitative estimate of drug-likeness (QED) is 0.782. The molecule has 3 nitrogen and oxygen atoms in total. The van der Waals surface area contributed by atoms with Gasteiger partial charge in [-0.3, -0.25) is 0 Å². The maximum absolute atomic E-state index is 5.65. The van der Waals surface area contributed by atoms with E-state index in [0.717, 1.165) is 38.2 Å². The normalized spacial score (nSPS) is 21.4. The summed E-state index contributed by atoms with van der Waals surface area (Å²) in [4.78, 5) is 2.46. The van der Waals surface area contributed by atoms with E-state index in [0.29, 0.717) is 6.10 Å². The average molecular weight is 220 g/mol. The van der Waals surface area contributed by atoms with Crippen molar-refractivity contribution in [1.82, 2.24) is 4.90 Å². The number of hydrogen-bond donors (Lipinski definition) is 1. The van der Waals surface area contributed by atoms with Crippen LogP contribution in [0.3, 0.4) is 0 Å². The first-order chi connectivity index (χ1) is 7.78. The first kappa shape index (κ1) is 11.4. The molecule has 0 spiro atoms. The molecule has 2 N–H and O–H groups in total. The Balaban J connectivity index is 1.77. The minimum atomic E-state index is 0.436. The average Bonchev–Trinajstić information content (AvgIpc) is 2.76. The highest BCUT2D eigenvalue weighted by atomic mass is 16.5. The van der Waals surface area contributed by atoms with Crippen LogP contribution in [0.4, 0.5) is 5.69 Å². The van der Waals surface area contributed by atoms with Gasteiger partial charge in [-0.25, -0.2) is 0 Å². The van der Waals surface area contributed by atoms with Crippen LogP contribution in [0, 0.1) is 0 Å². The van der Waals surface area contributed by atoms with Crippen molar-refractivity contribution < 1.29 is 4.74 Å². The summed E-state index contributed by atoms with van der Waals surface area (Å²) in [5.41, 5.74) is 7.85. The van der Waals surface area contributed by atoms with Gasteiger partial charge in [0.15, 0.2) is 0 Å². The number of nitrogen functional groups attached to an aromatic ring is 1. The highest BCUT2D eigenvalue weighted by Gasteiger charge is 2.21. The molecule has 16 heavy (non-hydrogen) atoms. The number of nitrogens with two attached hydrogens (primary N) is 1. The summed E-state index contributed by atoms with van der Waals surface area (Å²) >= 11 is 0. The van der Waals surface area contributed by atoms with Crippen LogP contribution in [0.2, 0.25) is 0 Å². The lowest BCUT2D eigenvalue weighted by Gasteiger charge is -2.15. The number of ether oxygens (including phenoxy) is 1. The van der Waals surface area contributed by atoms with E-state index in [-0.39, 0.29) is 0 Å². The number of likely N-dealkylation sites (tertiary alicyclic amines) is 1. The number of anilines is 1. The van der Waals surface area contributed by atoms with Crippen molar-refractivity contribution in [3.05, 3.63) is 29.8 Å². The maximum Gasteiger partial charge on any atom is 0.0710 e. The Morgan fingerprint density at radius 2 is 2.12 bits per heavy atom. The van der Waals surface area contributed by atoms with Crippen molar-refractivity contribution in [1.29, 1.82) is 0 Å². The summed E-state index contributed by atoms with van der Waals surface area (Å²) in [6.45, 7) is 3.35. The zero-order valence-corrected chi connectivity index (χ0v) is 9.86. The first-order valence-corrected chi connectivity index (χ1v) is 5.87. The number of nitrogens with zero attached hydrogens (tertiary/aromatic N) is 1. The van der Waals surface area contributed by atoms with Gasteiger partial charge in [-0.05, 0) is 30.5 Å². The van der Waals surface area contributed by atoms with E-state index in [1.807, 2.05) is 12.1 Å². The van der Waals surface area contributed by atoms with E-state index in [4.69, 9.17) is 10.5 Å². The Morgan fingerprint density at radius 1 is 1.38 bits per heavy atom. The second-order valence-electron chi connectivity index (χ2n) is 4.44. The summed E-state index contributed by atoms with van der Waals surface area (Å²) < 4.78 is 5.35. The molecule has 0 aliphatic carbocycles. The van der Waals surface area contributed by atoms with Gasteiger partial charge in [0, 0.05) is 32.4 Å². The minimum Gasteiger partial charge on any atom is -0.399 e. The zero-order chi connectivity index (χ0) is 11.4. The summed E-state index contributed by atoms with van der Waals surface area (Å²) in [5, 5.41) is 0. The van der Waals surface area contributed by atoms with Gasteiger partial charge < -0.3 is 15.4 Å². The molecule has 1 aromatic rings. The molecule has 1 atom stereocenters. The van der Waals surface area contributed by atoms with Crippen LogP contribution < -0.4 is 5.73 Å². The van der Waals surface area contributed by atoms with Crippen molar-refractivity contribution in [2.75, 3.05) is 32.5 Å². The van der Waals surface area contributed by atoms with Crippen LogP contribution in [0.1, 0.15) is 12.0 Å². The third kappa shape index (κ3) is 2.97. The minimum absolute atomic E-state index is 0.436. The summed E-state index contributed by atoms with van der Waals surface area (Å²) in [7, 11) is 1.80. The molecule has 0 radical (unpaired) electrons. The molecular weight excluding hydrogens is 200 g/mol. The standard InChI is InChI=1S/C13H20N2O/c1-16-13-7-9-15(10-13)8-6-11-2-4-12(14)5-3-11/h2-5,13H,6-10,14H2,1H3. The molecule has 0 saturated carbocycles. The van der Waals surface area contributed by atoms with Crippen molar-refractivity contribution in [2.45, 2.75) is 18.9 Å². The van der Waals surface area contributed by atoms with Crippen LogP contribution >= 0.6 is 0 Å². The van der Waals surface area contributed by atoms with Gasteiger partial charge >= 0.3 is 0 Å². The second kappa shape index (κ2) is 5.32. The molecule has 1 saturated heterocycles. The van der Waals surface area contributed by atoms with Gasteiger partial charge in [0.1, 0.15) is 0 Å². The topological polar surface area (TPSA) is 38.5 Å². The lowest BCUT2D eigenvalue weighted by Crippen LogP contribution is -2.25. The van der Waals surface area contributed by atoms with Gasteiger partial charge in [-0.1, -0.05) is 12.1 Å². The molecule has 88 valence electrons. The summed E-state index contributed by atoms with van der Waals surface area (Å²) in [6, 6.07) is 8.16. The first-order valence-electron chi connectivity index (χ1n) is 5.87. The Hall–Kier alpha value is -1.06. The van der Waals surface area contributed by atoms with E-state index in [9.17, 15) is 0 Å². The predicted octanol–water partition coefficient (Wildman–Crippen LogP) is 1.53. The third-order valence-corrected chi connectivity index (χ3v) is 3.26. The molecule has 1 heterocycles. The van der Waals surface area contributed by atoms with Gasteiger partial charge in [0.05, 0.1) is 6.10 Å². The molecule has 0 bridgehead atoms. The van der Waals surface area contributed by atoms with Crippen LogP contribution in [0.25, 0.3) is 0 Å². The van der Waals surface area contributed by atoms with E-state index in [2.05, 4.69) is 17.0 Å². The summed E-state index contributed by atoms with van der Waals surface area (Å²) in [5.74, 6) is 0. The fraction of sp³-hybridized carbons (Fsp3) is 0.538. The van der Waals surface area contributed by atoms with Crippen LogP contribution in [-0.2, 0) is 11.2 Å². The smallest absolute Gasteiger partial charge is 0.0710 e. The molecule has 0 aromatic heterocycles. The van der Waals surface area contributed by atoms with E-state index in [1.54, 1.807) is 7.11 Å². The maximum atomic E-state index is 5.65. The fourth-order valence-corrected chi connectivity index (χ4v) is 2.16. The molecule has 1 aliphatic rings. The second-order valence-corrected chi connectivity index (χ2v) is 4.44. The molecule has 1 aromatic carbocycles. The van der Waals surface area contributed by atoms with Crippen molar-refractivity contribution in [2.24, 2.45) is 0 Å². The SMILES string of the molecule is COC1CCN(CCc2ccc(N)cc2)C1. The summed E-state index contributed by atoms with van der Waals surface area (Å²) in [6.07, 6.45) is 2.70. The Labute approximate surface area is 97.2 Å². The monoisotopic (exact) mass is 220 g/mol. The Kier molecular flexibility index (Phi) is 3.80. The fourth-order valence-electron chi connectivity index (χ4n) is 2.16. The number of hydrogen-bond acceptors (Lipinski definition) is 3. The largest absolute Gasteiger partial charge is 0.399 e. The van der Waals surface area contributed by atoms with E-state index in [1.165, 1.54) is 5.56 Å². The lowest BCUT2D eigenvalue weighted by molar-refractivity contribution is 0.108. The van der Waals surface area contributed by atoms with Gasteiger partial charge in [0.2, 0.25) is 0 Å². The predicted molar refractivity (Wildman–Crippen MR) is 66.4 cm³/mol. The van der Waals surface area contributed by atoms with E-state index < -0.39 is 0 Å². The van der Waals surface area contributed by atoms with E-state index >= 15 is 0 Å². The van der Waals surface area contributed by atoms with Crippen LogP contribution in [-0.4, -0.2) is 37.7 Å². The van der Waals surface area contributed by atoms with Gasteiger partial charge in [-0.15, -0.1) is 0 Å². The zero-order valence-electron chi connectivity index (χ0n) is 9.86. The van der Waals surface area contributed by atoms with Crippen molar-refractivity contribution >= 4 is 5.69 Å². The molecule has 1 fully saturated rings. The van der Waals surface area contributed by atoms with Gasteiger partial charge in [-0.2, -0.15) is 0 Å². The molecule has 0 amide bonds. The van der Waals surface area contributed by atoms with Crippen LogP contribution in [0.5, 0.6) is 0 Å². The molecule has 3 heteroatoms. The molecule has 2 rings (SSSR count). The van der Waals surface area contributed by atoms with Crippen LogP contribution in [0.15, 0.2) is 24.3 Å². The highest BCUT2D eigenvalue weighted by molar-refractivity contribution is 5.39. The lowest BCUT2D eigenvalue weighted by atomic mass is 10.1. The highest BCUT2D eigenvalue weighted by Crippen LogP contribution is 2.13. The molecule has 1 unspecified atom stereocenters. The Bertz CT molecular complexity index is 323. The number of benzene rings is 1.